The van der Waals surface area contributed by atoms with E-state index in [0.717, 1.165) is 38.2 Å². The predicted molar refractivity (Wildman–Crippen MR) is 93.7 cm³/mol. The molecule has 3 heterocycles. The van der Waals surface area contributed by atoms with Crippen LogP contribution >= 0.6 is 11.3 Å². The lowest BCUT2D eigenvalue weighted by Gasteiger charge is -2.20. The summed E-state index contributed by atoms with van der Waals surface area (Å²) in [7, 11) is 2.08. The first-order valence-corrected chi connectivity index (χ1v) is 8.79. The summed E-state index contributed by atoms with van der Waals surface area (Å²) in [6, 6.07) is 5.11. The average Bonchev–Trinajstić information content (AvgIpc) is 3.15. The minimum atomic E-state index is -0.309. The minimum absolute atomic E-state index is 0.0475. The number of aryl methyl sites for hydroxylation is 1. The van der Waals surface area contributed by atoms with Gasteiger partial charge < -0.3 is 19.5 Å². The Kier molecular flexibility index (Phi) is 5.01. The normalized spacial score (nSPS) is 16.0. The molecule has 0 aliphatic carbocycles. The van der Waals surface area contributed by atoms with Crippen LogP contribution in [0.2, 0.25) is 0 Å². The van der Waals surface area contributed by atoms with Crippen molar-refractivity contribution in [2.24, 2.45) is 0 Å². The number of hydrogen-bond donors (Lipinski definition) is 1. The number of rotatable bonds is 3. The Bertz CT molecular complexity index is 724. The molecule has 0 unspecified atom stereocenters. The van der Waals surface area contributed by atoms with Crippen molar-refractivity contribution >= 4 is 28.2 Å². The van der Waals surface area contributed by atoms with Gasteiger partial charge in [-0.2, -0.15) is 0 Å². The Labute approximate surface area is 145 Å². The molecule has 1 fully saturated rings. The lowest BCUT2D eigenvalue weighted by atomic mass is 10.2. The summed E-state index contributed by atoms with van der Waals surface area (Å²) in [5.41, 5.74) is 0.886. The first-order chi connectivity index (χ1) is 11.5. The molecule has 3 rings (SSSR count). The maximum Gasteiger partial charge on any atom is 0.291 e. The third-order valence-electron chi connectivity index (χ3n) is 4.10. The van der Waals surface area contributed by atoms with Gasteiger partial charge >= 0.3 is 0 Å². The van der Waals surface area contributed by atoms with Crippen LogP contribution < -0.4 is 5.32 Å². The molecular weight excluding hydrogens is 326 g/mol. The summed E-state index contributed by atoms with van der Waals surface area (Å²) in [6.45, 7) is 5.31. The van der Waals surface area contributed by atoms with E-state index in [0.29, 0.717) is 9.88 Å². The number of anilines is 1. The topological polar surface area (TPSA) is 65.8 Å². The fraction of sp³-hybridized carbons (Fsp3) is 0.412. The summed E-state index contributed by atoms with van der Waals surface area (Å²) in [4.78, 5) is 29.7. The molecule has 2 aromatic heterocycles. The van der Waals surface area contributed by atoms with Gasteiger partial charge in [0.25, 0.3) is 11.8 Å². The van der Waals surface area contributed by atoms with Crippen LogP contribution in [-0.4, -0.2) is 54.8 Å². The third kappa shape index (κ3) is 3.68. The molecule has 1 aliphatic rings. The van der Waals surface area contributed by atoms with Crippen molar-refractivity contribution in [3.05, 3.63) is 40.7 Å². The van der Waals surface area contributed by atoms with Crippen LogP contribution in [0, 0.1) is 6.92 Å². The molecule has 24 heavy (non-hydrogen) atoms. The highest BCUT2D eigenvalue weighted by Gasteiger charge is 2.23. The van der Waals surface area contributed by atoms with E-state index in [1.165, 1.54) is 17.6 Å². The standard InChI is InChI=1S/C17H21N3O3S/c1-12-11-14(18-16(21)13-5-3-10-23-13)24-15(12)17(22)20-7-4-6-19(2)8-9-20/h3,5,10-11H,4,6-9H2,1-2H3,(H,18,21). The molecule has 1 aliphatic heterocycles. The van der Waals surface area contributed by atoms with Gasteiger partial charge in [-0.25, -0.2) is 0 Å². The van der Waals surface area contributed by atoms with Crippen molar-refractivity contribution in [2.45, 2.75) is 13.3 Å². The number of furan rings is 1. The zero-order valence-electron chi connectivity index (χ0n) is 13.9. The van der Waals surface area contributed by atoms with Gasteiger partial charge in [-0.15, -0.1) is 11.3 Å². The maximum atomic E-state index is 12.8. The van der Waals surface area contributed by atoms with Crippen LogP contribution in [0.25, 0.3) is 0 Å². The molecule has 128 valence electrons. The van der Waals surface area contributed by atoms with Crippen LogP contribution in [0.5, 0.6) is 0 Å². The van der Waals surface area contributed by atoms with Gasteiger partial charge in [0.1, 0.15) is 0 Å². The van der Waals surface area contributed by atoms with Crippen molar-refractivity contribution in [2.75, 3.05) is 38.5 Å². The largest absolute Gasteiger partial charge is 0.459 e. The molecule has 0 bridgehead atoms. The molecule has 1 N–H and O–H groups in total. The monoisotopic (exact) mass is 347 g/mol. The molecular formula is C17H21N3O3S. The second kappa shape index (κ2) is 7.19. The second-order valence-electron chi connectivity index (χ2n) is 6.00. The lowest BCUT2D eigenvalue weighted by molar-refractivity contribution is 0.0766. The second-order valence-corrected chi connectivity index (χ2v) is 7.06. The summed E-state index contributed by atoms with van der Waals surface area (Å²) < 4.78 is 5.08. The highest BCUT2D eigenvalue weighted by atomic mass is 32.1. The number of hydrogen-bond acceptors (Lipinski definition) is 5. The number of amides is 2. The zero-order chi connectivity index (χ0) is 17.1. The molecule has 1 saturated heterocycles. The quantitative estimate of drug-likeness (QED) is 0.927. The smallest absolute Gasteiger partial charge is 0.291 e. The Hall–Kier alpha value is -2.12. The van der Waals surface area contributed by atoms with Crippen molar-refractivity contribution < 1.29 is 14.0 Å². The van der Waals surface area contributed by atoms with E-state index in [-0.39, 0.29) is 17.6 Å². The van der Waals surface area contributed by atoms with Gasteiger partial charge in [0.05, 0.1) is 16.1 Å². The van der Waals surface area contributed by atoms with Crippen LogP contribution in [0.4, 0.5) is 5.00 Å². The molecule has 6 nitrogen and oxygen atoms in total. The number of nitrogens with zero attached hydrogens (tertiary/aromatic N) is 2. The van der Waals surface area contributed by atoms with Gasteiger partial charge in [-0.05, 0) is 50.7 Å². The molecule has 2 amide bonds. The van der Waals surface area contributed by atoms with Crippen LogP contribution in [0.3, 0.4) is 0 Å². The fourth-order valence-electron chi connectivity index (χ4n) is 2.73. The Morgan fingerprint density at radius 1 is 1.25 bits per heavy atom. The Morgan fingerprint density at radius 3 is 2.83 bits per heavy atom. The molecule has 0 saturated carbocycles. The van der Waals surface area contributed by atoms with Crippen molar-refractivity contribution in [1.82, 2.24) is 9.80 Å². The highest BCUT2D eigenvalue weighted by molar-refractivity contribution is 7.18. The summed E-state index contributed by atoms with van der Waals surface area (Å²) >= 11 is 1.32. The number of likely N-dealkylation sites (N-methyl/N-ethyl adjacent to an activating group) is 1. The van der Waals surface area contributed by atoms with E-state index in [1.807, 2.05) is 17.9 Å². The predicted octanol–water partition coefficient (Wildman–Crippen LogP) is 2.68. The van der Waals surface area contributed by atoms with Gasteiger partial charge in [-0.3, -0.25) is 9.59 Å². The van der Waals surface area contributed by atoms with Crippen LogP contribution in [-0.2, 0) is 0 Å². The first kappa shape index (κ1) is 16.7. The number of nitrogens with one attached hydrogen (secondary N) is 1. The summed E-state index contributed by atoms with van der Waals surface area (Å²) in [5.74, 6) is -0.00701. The van der Waals surface area contributed by atoms with E-state index >= 15 is 0 Å². The van der Waals surface area contributed by atoms with Crippen molar-refractivity contribution in [3.8, 4) is 0 Å². The Morgan fingerprint density at radius 2 is 2.08 bits per heavy atom. The molecule has 0 spiro atoms. The first-order valence-electron chi connectivity index (χ1n) is 7.97. The zero-order valence-corrected chi connectivity index (χ0v) is 14.7. The molecule has 0 atom stereocenters. The van der Waals surface area contributed by atoms with Gasteiger partial charge in [-0.1, -0.05) is 0 Å². The van der Waals surface area contributed by atoms with Crippen LogP contribution in [0.1, 0.15) is 32.2 Å². The van der Waals surface area contributed by atoms with Crippen molar-refractivity contribution in [1.29, 1.82) is 0 Å². The molecule has 0 radical (unpaired) electrons. The lowest BCUT2D eigenvalue weighted by Crippen LogP contribution is -2.34. The van der Waals surface area contributed by atoms with Crippen molar-refractivity contribution in [3.63, 3.8) is 0 Å². The van der Waals surface area contributed by atoms with E-state index < -0.39 is 0 Å². The molecule has 0 aromatic carbocycles. The number of thiophene rings is 1. The minimum Gasteiger partial charge on any atom is -0.459 e. The van der Waals surface area contributed by atoms with Gasteiger partial charge in [0.15, 0.2) is 5.76 Å². The van der Waals surface area contributed by atoms with Gasteiger partial charge in [0, 0.05) is 19.6 Å². The fourth-order valence-corrected chi connectivity index (χ4v) is 3.77. The number of carbonyl (C=O) groups is 2. The van der Waals surface area contributed by atoms with E-state index in [9.17, 15) is 9.59 Å². The summed E-state index contributed by atoms with van der Waals surface area (Å²) in [6.07, 6.45) is 2.44. The highest BCUT2D eigenvalue weighted by Crippen LogP contribution is 2.28. The summed E-state index contributed by atoms with van der Waals surface area (Å²) in [5, 5.41) is 3.45. The Balaban J connectivity index is 1.71. The third-order valence-corrected chi connectivity index (χ3v) is 5.24. The molecule has 2 aromatic rings. The van der Waals surface area contributed by atoms with Crippen LogP contribution in [0.15, 0.2) is 28.9 Å². The number of carbonyl (C=O) groups excluding carboxylic acids is 2. The molecule has 7 heteroatoms. The van der Waals surface area contributed by atoms with E-state index in [1.54, 1.807) is 12.1 Å². The van der Waals surface area contributed by atoms with E-state index in [4.69, 9.17) is 4.42 Å². The average molecular weight is 347 g/mol. The SMILES string of the molecule is Cc1cc(NC(=O)c2ccco2)sc1C(=O)N1CCCN(C)CC1. The van der Waals surface area contributed by atoms with E-state index in [2.05, 4.69) is 17.3 Å². The maximum absolute atomic E-state index is 12.8. The van der Waals surface area contributed by atoms with Gasteiger partial charge in [0.2, 0.25) is 0 Å².